The molecular formula is C20H18ClF3N2O2. The van der Waals surface area contributed by atoms with Crippen molar-refractivity contribution < 1.29 is 23.0 Å². The van der Waals surface area contributed by atoms with E-state index >= 15 is 0 Å². The number of halogens is 4. The van der Waals surface area contributed by atoms with Gasteiger partial charge in [0.25, 0.3) is 5.63 Å². The van der Waals surface area contributed by atoms with Gasteiger partial charge in [0.15, 0.2) is 0 Å². The van der Waals surface area contributed by atoms with Crippen LogP contribution in [0.3, 0.4) is 0 Å². The number of nitrogens with zero attached hydrogens (tertiary/aromatic N) is 2. The summed E-state index contributed by atoms with van der Waals surface area (Å²) < 4.78 is 45.4. The van der Waals surface area contributed by atoms with Gasteiger partial charge in [0.1, 0.15) is 11.6 Å². The molecule has 0 amide bonds. The van der Waals surface area contributed by atoms with Crippen LogP contribution in [0.15, 0.2) is 67.0 Å². The van der Waals surface area contributed by atoms with E-state index in [0.29, 0.717) is 17.9 Å². The number of rotatable bonds is 8. The van der Waals surface area contributed by atoms with Crippen molar-refractivity contribution in [3.63, 3.8) is 0 Å². The summed E-state index contributed by atoms with van der Waals surface area (Å²) in [6.45, 7) is 0.351. The molecule has 0 saturated carbocycles. The van der Waals surface area contributed by atoms with Crippen molar-refractivity contribution in [1.29, 1.82) is 0 Å². The highest BCUT2D eigenvalue weighted by atomic mass is 35.5. The average Bonchev–Trinajstić information content (AvgIpc) is 3.12. The van der Waals surface area contributed by atoms with Crippen molar-refractivity contribution in [3.05, 3.63) is 83.9 Å². The average molecular weight is 411 g/mol. The van der Waals surface area contributed by atoms with Crippen molar-refractivity contribution in [2.75, 3.05) is 6.61 Å². The molecule has 0 radical (unpaired) electrons. The zero-order valence-electron chi connectivity index (χ0n) is 14.7. The molecule has 3 rings (SSSR count). The van der Waals surface area contributed by atoms with E-state index in [1.807, 2.05) is 41.1 Å². The Morgan fingerprint density at radius 2 is 1.79 bits per heavy atom. The highest BCUT2D eigenvalue weighted by molar-refractivity contribution is 6.20. The third-order valence-electron chi connectivity index (χ3n) is 4.23. The first-order chi connectivity index (χ1) is 13.4. The SMILES string of the molecule is OCC(c1ccc(OC(F)(F)C(F)Cl)cc1)c1nccn1Cc1ccccc1. The van der Waals surface area contributed by atoms with Gasteiger partial charge in [-0.05, 0) is 23.3 Å². The molecule has 0 saturated heterocycles. The molecule has 0 fully saturated rings. The Balaban J connectivity index is 1.80. The fraction of sp³-hybridized carbons (Fsp3) is 0.250. The topological polar surface area (TPSA) is 47.3 Å². The quantitative estimate of drug-likeness (QED) is 0.554. The number of benzene rings is 2. The molecule has 28 heavy (non-hydrogen) atoms. The van der Waals surface area contributed by atoms with E-state index in [-0.39, 0.29) is 12.4 Å². The Hall–Kier alpha value is -2.51. The van der Waals surface area contributed by atoms with E-state index in [1.54, 1.807) is 6.20 Å². The van der Waals surface area contributed by atoms with Crippen LogP contribution in [-0.2, 0) is 6.54 Å². The van der Waals surface area contributed by atoms with Gasteiger partial charge in [-0.3, -0.25) is 0 Å². The minimum atomic E-state index is -4.13. The van der Waals surface area contributed by atoms with Gasteiger partial charge in [-0.25, -0.2) is 9.37 Å². The molecule has 1 N–H and O–H groups in total. The van der Waals surface area contributed by atoms with Gasteiger partial charge in [-0.15, -0.1) is 0 Å². The van der Waals surface area contributed by atoms with E-state index in [2.05, 4.69) is 9.72 Å². The summed E-state index contributed by atoms with van der Waals surface area (Å²) in [7, 11) is 0. The first kappa shape index (κ1) is 20.2. The van der Waals surface area contributed by atoms with Crippen molar-refractivity contribution in [2.45, 2.75) is 24.2 Å². The van der Waals surface area contributed by atoms with Crippen LogP contribution in [-0.4, -0.2) is 33.0 Å². The third-order valence-corrected chi connectivity index (χ3v) is 4.48. The van der Waals surface area contributed by atoms with E-state index < -0.39 is 17.7 Å². The molecule has 0 aliphatic rings. The lowest BCUT2D eigenvalue weighted by Gasteiger charge is -2.19. The maximum atomic E-state index is 13.3. The van der Waals surface area contributed by atoms with Gasteiger partial charge < -0.3 is 14.4 Å². The van der Waals surface area contributed by atoms with Gasteiger partial charge in [-0.2, -0.15) is 8.78 Å². The van der Waals surface area contributed by atoms with Crippen molar-refractivity contribution in [3.8, 4) is 5.75 Å². The number of aromatic nitrogens is 2. The second kappa shape index (κ2) is 8.67. The van der Waals surface area contributed by atoms with E-state index in [1.165, 1.54) is 24.3 Å². The summed E-state index contributed by atoms with van der Waals surface area (Å²) in [5.74, 6) is -0.0634. The number of imidazole rings is 1. The van der Waals surface area contributed by atoms with Crippen molar-refractivity contribution in [2.24, 2.45) is 0 Å². The number of aliphatic hydroxyl groups is 1. The maximum absolute atomic E-state index is 13.3. The monoisotopic (exact) mass is 410 g/mol. The molecule has 0 aliphatic heterocycles. The Bertz CT molecular complexity index is 886. The molecule has 1 aromatic heterocycles. The number of hydrogen-bond donors (Lipinski definition) is 1. The Kier molecular flexibility index (Phi) is 6.26. The third kappa shape index (κ3) is 4.66. The first-order valence-corrected chi connectivity index (χ1v) is 8.95. The van der Waals surface area contributed by atoms with Gasteiger partial charge in [0.05, 0.1) is 12.5 Å². The second-order valence-corrected chi connectivity index (χ2v) is 6.55. The van der Waals surface area contributed by atoms with Crippen molar-refractivity contribution in [1.82, 2.24) is 9.55 Å². The molecule has 1 heterocycles. The fourth-order valence-electron chi connectivity index (χ4n) is 2.85. The Morgan fingerprint density at radius 1 is 1.11 bits per heavy atom. The van der Waals surface area contributed by atoms with Crippen LogP contribution >= 0.6 is 11.6 Å². The predicted molar refractivity (Wildman–Crippen MR) is 99.5 cm³/mol. The van der Waals surface area contributed by atoms with E-state index in [9.17, 15) is 18.3 Å². The van der Waals surface area contributed by atoms with E-state index in [0.717, 1.165) is 5.56 Å². The molecule has 4 nitrogen and oxygen atoms in total. The molecule has 8 heteroatoms. The lowest BCUT2D eigenvalue weighted by molar-refractivity contribution is -0.199. The number of alkyl halides is 4. The highest BCUT2D eigenvalue weighted by Gasteiger charge is 2.42. The van der Waals surface area contributed by atoms with Gasteiger partial charge >= 0.3 is 6.11 Å². The fourth-order valence-corrected chi connectivity index (χ4v) is 2.90. The summed E-state index contributed by atoms with van der Waals surface area (Å²) in [5.41, 5.74) is -1.23. The minimum Gasteiger partial charge on any atom is -0.429 e. The largest absolute Gasteiger partial charge is 0.444 e. The van der Waals surface area contributed by atoms with Gasteiger partial charge in [-0.1, -0.05) is 54.1 Å². The summed E-state index contributed by atoms with van der Waals surface area (Å²) in [6.07, 6.45) is -0.683. The van der Waals surface area contributed by atoms with Gasteiger partial charge in [0.2, 0.25) is 0 Å². The Labute approximate surface area is 165 Å². The zero-order valence-corrected chi connectivity index (χ0v) is 15.4. The van der Waals surface area contributed by atoms with Gasteiger partial charge in [0, 0.05) is 18.9 Å². The lowest BCUT2D eigenvalue weighted by atomic mass is 9.99. The molecule has 148 valence electrons. The number of ether oxygens (including phenoxy) is 1. The molecule has 3 aromatic rings. The summed E-state index contributed by atoms with van der Waals surface area (Å²) in [4.78, 5) is 4.35. The van der Waals surface area contributed by atoms with Crippen LogP contribution in [0.5, 0.6) is 5.75 Å². The molecule has 2 atom stereocenters. The standard InChI is InChI=1S/C20H18ClF3N2O2/c21-19(22)20(23,24)28-16-8-6-15(7-9-16)17(13-27)18-25-10-11-26(18)12-14-4-2-1-3-5-14/h1-11,17,19,27H,12-13H2. The van der Waals surface area contributed by atoms with Crippen molar-refractivity contribution >= 4 is 11.6 Å². The zero-order chi connectivity index (χ0) is 20.1. The molecule has 2 unspecified atom stereocenters. The van der Waals surface area contributed by atoms with Crippen LogP contribution in [0.4, 0.5) is 13.2 Å². The minimum absolute atomic E-state index is 0.226. The van der Waals surface area contributed by atoms with Crippen LogP contribution < -0.4 is 4.74 Å². The van der Waals surface area contributed by atoms with Crippen LogP contribution in [0.2, 0.25) is 0 Å². The molecule has 0 spiro atoms. The smallest absolute Gasteiger partial charge is 0.429 e. The summed E-state index contributed by atoms with van der Waals surface area (Å²) in [5, 5.41) is 9.90. The molecule has 2 aromatic carbocycles. The number of hydrogen-bond acceptors (Lipinski definition) is 3. The van der Waals surface area contributed by atoms with Crippen LogP contribution in [0, 0.1) is 0 Å². The summed E-state index contributed by atoms with van der Waals surface area (Å²) >= 11 is 4.79. The molecular weight excluding hydrogens is 393 g/mol. The maximum Gasteiger partial charge on any atom is 0.444 e. The normalized spacial score (nSPS) is 13.9. The Morgan fingerprint density at radius 3 is 2.39 bits per heavy atom. The number of aliphatic hydroxyl groups excluding tert-OH is 1. The van der Waals surface area contributed by atoms with Crippen LogP contribution in [0.1, 0.15) is 22.9 Å². The highest BCUT2D eigenvalue weighted by Crippen LogP contribution is 2.31. The lowest BCUT2D eigenvalue weighted by Crippen LogP contribution is -2.32. The van der Waals surface area contributed by atoms with E-state index in [4.69, 9.17) is 11.6 Å². The predicted octanol–water partition coefficient (Wildman–Crippen LogP) is 4.56. The second-order valence-electron chi connectivity index (χ2n) is 6.17. The summed E-state index contributed by atoms with van der Waals surface area (Å²) in [6, 6.07) is 15.4. The molecule has 0 bridgehead atoms. The molecule has 0 aliphatic carbocycles. The first-order valence-electron chi connectivity index (χ1n) is 8.51. The van der Waals surface area contributed by atoms with Crippen LogP contribution in [0.25, 0.3) is 0 Å².